The van der Waals surface area contributed by atoms with Crippen LogP contribution in [-0.2, 0) is 6.42 Å². The van der Waals surface area contributed by atoms with Gasteiger partial charge in [0, 0.05) is 24.1 Å². The van der Waals surface area contributed by atoms with Crippen molar-refractivity contribution in [3.8, 4) is 17.1 Å². The highest BCUT2D eigenvalue weighted by atomic mass is 16.5. The number of methoxy groups -OCH3 is 1. The van der Waals surface area contributed by atoms with Crippen molar-refractivity contribution in [3.05, 3.63) is 36.4 Å². The van der Waals surface area contributed by atoms with Crippen LogP contribution in [0.2, 0.25) is 0 Å². The smallest absolute Gasteiger partial charge is 0.196 e. The molecule has 0 unspecified atom stereocenters. The minimum Gasteiger partial charge on any atom is -0.497 e. The molecule has 108 valence electrons. The van der Waals surface area contributed by atoms with Crippen molar-refractivity contribution in [1.82, 2.24) is 10.3 Å². The highest BCUT2D eigenvalue weighted by molar-refractivity contribution is 5.58. The Morgan fingerprint density at radius 1 is 1.30 bits per heavy atom. The maximum atomic E-state index is 5.78. The Morgan fingerprint density at radius 2 is 2.10 bits per heavy atom. The molecule has 0 fully saturated rings. The Bertz CT molecular complexity index is 556. The molecule has 0 radical (unpaired) electrons. The number of nitrogens with zero attached hydrogens (tertiary/aromatic N) is 1. The minimum absolute atomic E-state index is 0.113. The van der Waals surface area contributed by atoms with Gasteiger partial charge in [-0.05, 0) is 32.9 Å². The van der Waals surface area contributed by atoms with Crippen molar-refractivity contribution >= 4 is 0 Å². The highest BCUT2D eigenvalue weighted by Crippen LogP contribution is 2.24. The summed E-state index contributed by atoms with van der Waals surface area (Å²) in [4.78, 5) is 4.32. The fourth-order valence-electron chi connectivity index (χ4n) is 1.88. The maximum Gasteiger partial charge on any atom is 0.196 e. The predicted octanol–water partition coefficient (Wildman–Crippen LogP) is 3.28. The van der Waals surface area contributed by atoms with Crippen molar-refractivity contribution in [1.29, 1.82) is 0 Å². The molecule has 0 aliphatic heterocycles. The fraction of sp³-hybridized carbons (Fsp3) is 0.438. The average Bonchev–Trinajstić information content (AvgIpc) is 2.86. The zero-order chi connectivity index (χ0) is 14.6. The van der Waals surface area contributed by atoms with E-state index in [2.05, 4.69) is 31.1 Å². The molecule has 4 heteroatoms. The Balaban J connectivity index is 2.01. The van der Waals surface area contributed by atoms with E-state index in [1.807, 2.05) is 24.3 Å². The Morgan fingerprint density at radius 3 is 2.80 bits per heavy atom. The first kappa shape index (κ1) is 14.6. The summed E-state index contributed by atoms with van der Waals surface area (Å²) in [5.41, 5.74) is 1.09. The molecule has 4 nitrogen and oxygen atoms in total. The van der Waals surface area contributed by atoms with Gasteiger partial charge in [-0.2, -0.15) is 0 Å². The Labute approximate surface area is 120 Å². The largest absolute Gasteiger partial charge is 0.497 e. The number of hydrogen-bond donors (Lipinski definition) is 1. The summed E-state index contributed by atoms with van der Waals surface area (Å²) in [7, 11) is 1.66. The van der Waals surface area contributed by atoms with Gasteiger partial charge in [0.05, 0.1) is 13.3 Å². The van der Waals surface area contributed by atoms with Crippen molar-refractivity contribution in [3.63, 3.8) is 0 Å². The molecule has 0 saturated heterocycles. The van der Waals surface area contributed by atoms with E-state index in [9.17, 15) is 0 Å². The van der Waals surface area contributed by atoms with Crippen molar-refractivity contribution < 1.29 is 9.15 Å². The molecule has 0 bridgehead atoms. The van der Waals surface area contributed by atoms with Crippen LogP contribution in [0.15, 0.2) is 34.9 Å². The summed E-state index contributed by atoms with van der Waals surface area (Å²) in [6, 6.07) is 7.78. The summed E-state index contributed by atoms with van der Waals surface area (Å²) in [6.45, 7) is 7.28. The lowest BCUT2D eigenvalue weighted by Gasteiger charge is -2.19. The third-order valence-electron chi connectivity index (χ3n) is 2.90. The molecule has 2 aromatic rings. The summed E-state index contributed by atoms with van der Waals surface area (Å²) in [5.74, 6) is 2.34. The highest BCUT2D eigenvalue weighted by Gasteiger charge is 2.10. The van der Waals surface area contributed by atoms with Gasteiger partial charge in [0.1, 0.15) is 5.75 Å². The quantitative estimate of drug-likeness (QED) is 0.909. The second-order valence-corrected chi connectivity index (χ2v) is 5.78. The number of ether oxygens (including phenoxy) is 1. The number of hydrogen-bond acceptors (Lipinski definition) is 4. The Hall–Kier alpha value is -1.81. The van der Waals surface area contributed by atoms with E-state index in [1.54, 1.807) is 13.3 Å². The molecule has 0 atom stereocenters. The summed E-state index contributed by atoms with van der Waals surface area (Å²) >= 11 is 0. The maximum absolute atomic E-state index is 5.78. The molecule has 0 aliphatic rings. The minimum atomic E-state index is 0.113. The van der Waals surface area contributed by atoms with Crippen molar-refractivity contribution in [2.75, 3.05) is 13.7 Å². The number of nitrogens with one attached hydrogen (secondary N) is 1. The van der Waals surface area contributed by atoms with Crippen molar-refractivity contribution in [2.24, 2.45) is 0 Å². The number of aromatic nitrogens is 1. The first-order chi connectivity index (χ1) is 9.48. The summed E-state index contributed by atoms with van der Waals surface area (Å²) in [6.07, 6.45) is 2.54. The van der Waals surface area contributed by atoms with Crippen LogP contribution in [0.25, 0.3) is 11.3 Å². The molecule has 2 rings (SSSR count). The fourth-order valence-corrected chi connectivity index (χ4v) is 1.88. The van der Waals surface area contributed by atoms with Gasteiger partial charge in [0.2, 0.25) is 0 Å². The monoisotopic (exact) mass is 274 g/mol. The molecule has 0 saturated carbocycles. The molecule has 1 N–H and O–H groups in total. The van der Waals surface area contributed by atoms with Gasteiger partial charge < -0.3 is 14.5 Å². The average molecular weight is 274 g/mol. The SMILES string of the molecule is COc1cccc(-c2cnc(CCNC(C)(C)C)o2)c1. The van der Waals surface area contributed by atoms with E-state index in [0.717, 1.165) is 35.9 Å². The molecule has 0 spiro atoms. The van der Waals surface area contributed by atoms with Crippen LogP contribution in [0, 0.1) is 0 Å². The number of oxazole rings is 1. The van der Waals surface area contributed by atoms with E-state index < -0.39 is 0 Å². The van der Waals surface area contributed by atoms with E-state index >= 15 is 0 Å². The normalized spacial score (nSPS) is 11.6. The predicted molar refractivity (Wildman–Crippen MR) is 80.0 cm³/mol. The molecule has 1 aromatic carbocycles. The molecule has 1 aromatic heterocycles. The zero-order valence-electron chi connectivity index (χ0n) is 12.6. The van der Waals surface area contributed by atoms with Gasteiger partial charge in [-0.3, -0.25) is 0 Å². The number of benzene rings is 1. The third kappa shape index (κ3) is 4.10. The molecular weight excluding hydrogens is 252 g/mol. The first-order valence-electron chi connectivity index (χ1n) is 6.82. The number of rotatable bonds is 5. The zero-order valence-corrected chi connectivity index (χ0v) is 12.6. The molecular formula is C16H22N2O2. The second kappa shape index (κ2) is 6.09. The topological polar surface area (TPSA) is 47.3 Å². The van der Waals surface area contributed by atoms with Crippen molar-refractivity contribution in [2.45, 2.75) is 32.7 Å². The molecule has 0 amide bonds. The van der Waals surface area contributed by atoms with E-state index in [1.165, 1.54) is 0 Å². The standard InChI is InChI=1S/C16H22N2O2/c1-16(2,3)18-9-8-15-17-11-14(20-15)12-6-5-7-13(10-12)19-4/h5-7,10-11,18H,8-9H2,1-4H3. The summed E-state index contributed by atoms with van der Waals surface area (Å²) in [5, 5.41) is 3.42. The van der Waals surface area contributed by atoms with Gasteiger partial charge in [0.15, 0.2) is 11.7 Å². The first-order valence-corrected chi connectivity index (χ1v) is 6.82. The molecule has 20 heavy (non-hydrogen) atoms. The van der Waals surface area contributed by atoms with Crippen LogP contribution in [-0.4, -0.2) is 24.2 Å². The lowest BCUT2D eigenvalue weighted by Crippen LogP contribution is -2.37. The van der Waals surface area contributed by atoms with Crippen LogP contribution in [0.1, 0.15) is 26.7 Å². The van der Waals surface area contributed by atoms with Crippen LogP contribution in [0.5, 0.6) is 5.75 Å². The van der Waals surface area contributed by atoms with Gasteiger partial charge in [-0.15, -0.1) is 0 Å². The third-order valence-corrected chi connectivity index (χ3v) is 2.90. The lowest BCUT2D eigenvalue weighted by molar-refractivity contribution is 0.410. The van der Waals surface area contributed by atoms with Crippen LogP contribution >= 0.6 is 0 Å². The van der Waals surface area contributed by atoms with Gasteiger partial charge in [-0.25, -0.2) is 4.98 Å². The van der Waals surface area contributed by atoms with Crippen LogP contribution < -0.4 is 10.1 Å². The van der Waals surface area contributed by atoms with E-state index in [4.69, 9.17) is 9.15 Å². The lowest BCUT2D eigenvalue weighted by atomic mass is 10.1. The Kier molecular flexibility index (Phi) is 4.45. The second-order valence-electron chi connectivity index (χ2n) is 5.78. The summed E-state index contributed by atoms with van der Waals surface area (Å²) < 4.78 is 11.0. The van der Waals surface area contributed by atoms with Gasteiger partial charge in [0.25, 0.3) is 0 Å². The molecule has 1 heterocycles. The van der Waals surface area contributed by atoms with Crippen LogP contribution in [0.3, 0.4) is 0 Å². The van der Waals surface area contributed by atoms with E-state index in [0.29, 0.717) is 0 Å². The van der Waals surface area contributed by atoms with Crippen LogP contribution in [0.4, 0.5) is 0 Å². The van der Waals surface area contributed by atoms with E-state index in [-0.39, 0.29) is 5.54 Å². The van der Waals surface area contributed by atoms with Gasteiger partial charge >= 0.3 is 0 Å². The molecule has 0 aliphatic carbocycles. The van der Waals surface area contributed by atoms with Gasteiger partial charge in [-0.1, -0.05) is 12.1 Å².